The second-order valence-electron chi connectivity index (χ2n) is 5.86. The molecule has 1 saturated heterocycles. The number of hydrogen-bond donors (Lipinski definition) is 0. The van der Waals surface area contributed by atoms with Gasteiger partial charge in [0.1, 0.15) is 5.82 Å². The first kappa shape index (κ1) is 15.3. The van der Waals surface area contributed by atoms with Gasteiger partial charge in [-0.15, -0.1) is 0 Å². The lowest BCUT2D eigenvalue weighted by Gasteiger charge is -2.33. The monoisotopic (exact) mass is 309 g/mol. The molecule has 0 aliphatic carbocycles. The van der Waals surface area contributed by atoms with Gasteiger partial charge in [0.15, 0.2) is 0 Å². The molecule has 5 heteroatoms. The average molecular weight is 309 g/mol. The predicted octanol–water partition coefficient (Wildman–Crippen LogP) is 2.30. The van der Waals surface area contributed by atoms with E-state index in [-0.39, 0.29) is 0 Å². The first-order valence-electron chi connectivity index (χ1n) is 7.95. The lowest BCUT2D eigenvalue weighted by Crippen LogP contribution is -2.44. The number of aromatic nitrogens is 1. The van der Waals surface area contributed by atoms with Crippen molar-refractivity contribution in [1.82, 2.24) is 9.99 Å². The Labute approximate surface area is 137 Å². The number of benzene rings is 1. The first-order valence-corrected chi connectivity index (χ1v) is 7.95. The fraction of sp³-hybridized carbons (Fsp3) is 0.333. The van der Waals surface area contributed by atoms with Crippen molar-refractivity contribution in [3.63, 3.8) is 0 Å². The van der Waals surface area contributed by atoms with Crippen molar-refractivity contribution in [2.24, 2.45) is 5.10 Å². The van der Waals surface area contributed by atoms with Gasteiger partial charge < -0.3 is 9.80 Å². The van der Waals surface area contributed by atoms with E-state index in [1.165, 1.54) is 5.69 Å². The number of hydrogen-bond acceptors (Lipinski definition) is 5. The number of nitrogens with zero attached hydrogens (tertiary/aromatic N) is 5. The largest absolute Gasteiger partial charge is 0.378 e. The lowest BCUT2D eigenvalue weighted by atomic mass is 10.2. The third-order valence-corrected chi connectivity index (χ3v) is 4.01. The Morgan fingerprint density at radius 3 is 2.35 bits per heavy atom. The van der Waals surface area contributed by atoms with Crippen molar-refractivity contribution in [3.8, 4) is 0 Å². The molecule has 0 radical (unpaired) electrons. The first-order chi connectivity index (χ1) is 11.2. The van der Waals surface area contributed by atoms with E-state index in [9.17, 15) is 0 Å². The Hall–Kier alpha value is -2.56. The van der Waals surface area contributed by atoms with Crippen LogP contribution in [-0.2, 0) is 0 Å². The Morgan fingerprint density at radius 2 is 1.74 bits per heavy atom. The van der Waals surface area contributed by atoms with Crippen molar-refractivity contribution < 1.29 is 0 Å². The van der Waals surface area contributed by atoms with Gasteiger partial charge in [-0.25, -0.2) is 4.98 Å². The van der Waals surface area contributed by atoms with Crippen LogP contribution in [0.15, 0.2) is 53.8 Å². The van der Waals surface area contributed by atoms with Crippen LogP contribution >= 0.6 is 0 Å². The highest BCUT2D eigenvalue weighted by Gasteiger charge is 2.15. The van der Waals surface area contributed by atoms with Gasteiger partial charge in [-0.1, -0.05) is 18.2 Å². The number of anilines is 2. The van der Waals surface area contributed by atoms with Crippen molar-refractivity contribution in [1.29, 1.82) is 0 Å². The lowest BCUT2D eigenvalue weighted by molar-refractivity contribution is 0.271. The van der Waals surface area contributed by atoms with Crippen LogP contribution in [0, 0.1) is 0 Å². The SMILES string of the molecule is CN(C)c1ccc(C=NN2CCN(c3ccccn3)CC2)cc1. The molecule has 0 atom stereocenters. The van der Waals surface area contributed by atoms with Crippen LogP contribution < -0.4 is 9.80 Å². The quantitative estimate of drug-likeness (QED) is 0.812. The van der Waals surface area contributed by atoms with Crippen molar-refractivity contribution in [2.75, 3.05) is 50.1 Å². The summed E-state index contributed by atoms with van der Waals surface area (Å²) in [5, 5.41) is 6.73. The van der Waals surface area contributed by atoms with E-state index in [4.69, 9.17) is 0 Å². The minimum atomic E-state index is 0.919. The van der Waals surface area contributed by atoms with Gasteiger partial charge in [0.2, 0.25) is 0 Å². The molecule has 3 rings (SSSR count). The average Bonchev–Trinajstić information content (AvgIpc) is 2.61. The Balaban J connectivity index is 1.54. The third kappa shape index (κ3) is 4.00. The Kier molecular flexibility index (Phi) is 4.76. The minimum Gasteiger partial charge on any atom is -0.378 e. The van der Waals surface area contributed by atoms with Crippen LogP contribution in [0.1, 0.15) is 5.56 Å². The highest BCUT2D eigenvalue weighted by Crippen LogP contribution is 2.13. The molecule has 0 amide bonds. The van der Waals surface area contributed by atoms with Gasteiger partial charge in [0, 0.05) is 39.1 Å². The molecule has 23 heavy (non-hydrogen) atoms. The minimum absolute atomic E-state index is 0.919. The second kappa shape index (κ2) is 7.13. The van der Waals surface area contributed by atoms with E-state index >= 15 is 0 Å². The predicted molar refractivity (Wildman–Crippen MR) is 96.4 cm³/mol. The van der Waals surface area contributed by atoms with Gasteiger partial charge in [0.05, 0.1) is 19.3 Å². The number of hydrazone groups is 1. The van der Waals surface area contributed by atoms with Gasteiger partial charge in [-0.2, -0.15) is 5.10 Å². The molecule has 0 bridgehead atoms. The fourth-order valence-electron chi connectivity index (χ4n) is 2.59. The molecule has 0 saturated carbocycles. The van der Waals surface area contributed by atoms with E-state index < -0.39 is 0 Å². The summed E-state index contributed by atoms with van der Waals surface area (Å²) >= 11 is 0. The maximum Gasteiger partial charge on any atom is 0.128 e. The normalized spacial score (nSPS) is 15.2. The molecule has 1 fully saturated rings. The van der Waals surface area contributed by atoms with E-state index in [0.717, 1.165) is 37.6 Å². The molecule has 5 nitrogen and oxygen atoms in total. The van der Waals surface area contributed by atoms with Crippen LogP contribution in [0.3, 0.4) is 0 Å². The maximum atomic E-state index is 4.60. The van der Waals surface area contributed by atoms with Gasteiger partial charge in [-0.05, 0) is 29.8 Å². The molecule has 2 heterocycles. The van der Waals surface area contributed by atoms with Crippen molar-refractivity contribution >= 4 is 17.7 Å². The zero-order valence-electron chi connectivity index (χ0n) is 13.8. The summed E-state index contributed by atoms with van der Waals surface area (Å²) in [5.41, 5.74) is 2.33. The van der Waals surface area contributed by atoms with E-state index in [1.54, 1.807) is 0 Å². The van der Waals surface area contributed by atoms with Crippen LogP contribution in [0.2, 0.25) is 0 Å². The summed E-state index contributed by atoms with van der Waals surface area (Å²) in [4.78, 5) is 8.81. The molecule has 1 aliphatic rings. The summed E-state index contributed by atoms with van der Waals surface area (Å²) in [5.74, 6) is 1.05. The van der Waals surface area contributed by atoms with E-state index in [1.807, 2.05) is 38.6 Å². The molecule has 120 valence electrons. The van der Waals surface area contributed by atoms with Gasteiger partial charge in [-0.3, -0.25) is 5.01 Å². The summed E-state index contributed by atoms with van der Waals surface area (Å²) in [6.07, 6.45) is 3.78. The summed E-state index contributed by atoms with van der Waals surface area (Å²) in [7, 11) is 4.09. The van der Waals surface area contributed by atoms with Crippen LogP contribution in [0.5, 0.6) is 0 Å². The Morgan fingerprint density at radius 1 is 1.00 bits per heavy atom. The van der Waals surface area contributed by atoms with Crippen LogP contribution in [-0.4, -0.2) is 56.5 Å². The summed E-state index contributed by atoms with van der Waals surface area (Å²) in [6, 6.07) is 14.5. The summed E-state index contributed by atoms with van der Waals surface area (Å²) < 4.78 is 0. The third-order valence-electron chi connectivity index (χ3n) is 4.01. The zero-order valence-corrected chi connectivity index (χ0v) is 13.8. The van der Waals surface area contributed by atoms with Crippen molar-refractivity contribution in [2.45, 2.75) is 0 Å². The van der Waals surface area contributed by atoms with E-state index in [2.05, 4.69) is 55.2 Å². The Bertz CT molecular complexity index is 628. The topological polar surface area (TPSA) is 35.0 Å². The highest BCUT2D eigenvalue weighted by atomic mass is 15.5. The smallest absolute Gasteiger partial charge is 0.128 e. The molecule has 0 N–H and O–H groups in total. The highest BCUT2D eigenvalue weighted by molar-refractivity contribution is 5.80. The maximum absolute atomic E-state index is 4.60. The second-order valence-corrected chi connectivity index (χ2v) is 5.86. The number of rotatable bonds is 4. The molecule has 2 aromatic rings. The van der Waals surface area contributed by atoms with Gasteiger partial charge >= 0.3 is 0 Å². The molecular weight excluding hydrogens is 286 g/mol. The van der Waals surface area contributed by atoms with Gasteiger partial charge in [0.25, 0.3) is 0 Å². The molecule has 0 spiro atoms. The standard InChI is InChI=1S/C18H23N5/c1-21(2)17-8-6-16(7-9-17)15-20-23-13-11-22(12-14-23)18-5-3-4-10-19-18/h3-10,15H,11-14H2,1-2H3. The molecule has 0 unspecified atom stereocenters. The molecule has 1 aliphatic heterocycles. The van der Waals surface area contributed by atoms with E-state index in [0.29, 0.717) is 0 Å². The molecular formula is C18H23N5. The van der Waals surface area contributed by atoms with Crippen LogP contribution in [0.4, 0.5) is 11.5 Å². The van der Waals surface area contributed by atoms with Crippen molar-refractivity contribution in [3.05, 3.63) is 54.2 Å². The van der Waals surface area contributed by atoms with Crippen LogP contribution in [0.25, 0.3) is 0 Å². The number of pyridine rings is 1. The fourth-order valence-corrected chi connectivity index (χ4v) is 2.59. The number of piperazine rings is 1. The zero-order chi connectivity index (χ0) is 16.1. The summed E-state index contributed by atoms with van der Waals surface area (Å²) in [6.45, 7) is 3.74. The molecule has 1 aromatic carbocycles. The molecule has 1 aromatic heterocycles.